The van der Waals surface area contributed by atoms with E-state index in [1.165, 1.54) is 11.8 Å². The first-order valence-corrected chi connectivity index (χ1v) is 10.3. The summed E-state index contributed by atoms with van der Waals surface area (Å²) in [6.45, 7) is 0.415. The summed E-state index contributed by atoms with van der Waals surface area (Å²) in [6, 6.07) is 14.3. The first kappa shape index (κ1) is 21.0. The number of benzene rings is 2. The molecule has 3 rings (SSSR count). The molecular formula is C21H21ClN4O2S. The van der Waals surface area contributed by atoms with Crippen LogP contribution in [0.2, 0.25) is 5.02 Å². The van der Waals surface area contributed by atoms with Gasteiger partial charge in [-0.3, -0.25) is 9.59 Å². The number of amides is 2. The van der Waals surface area contributed by atoms with Gasteiger partial charge < -0.3 is 15.2 Å². The van der Waals surface area contributed by atoms with E-state index in [1.54, 1.807) is 30.5 Å². The average molecular weight is 429 g/mol. The van der Waals surface area contributed by atoms with Crippen molar-refractivity contribution in [2.75, 3.05) is 11.9 Å². The molecule has 0 bridgehead atoms. The Bertz CT molecular complexity index is 988. The number of carbonyl (C=O) groups excluding carboxylic acids is 2. The molecular weight excluding hydrogens is 408 g/mol. The number of nitrogens with zero attached hydrogens (tertiary/aromatic N) is 2. The Morgan fingerprint density at radius 2 is 1.90 bits per heavy atom. The standard InChI is InChI=1S/C21H21ClN4O2S/c1-26-14-13-24-21(26)29-18-6-3-2-5-17(18)25-19(27)7-4-12-23-20(28)15-8-10-16(22)11-9-15/h2-3,5-6,8-11,13-14H,4,7,12H2,1H3,(H,23,28)(H,25,27). The number of carbonyl (C=O) groups is 2. The van der Waals surface area contributed by atoms with Crippen molar-refractivity contribution >= 4 is 40.9 Å². The third-order valence-corrected chi connectivity index (χ3v) is 5.52. The van der Waals surface area contributed by atoms with Crippen LogP contribution in [-0.2, 0) is 11.8 Å². The highest BCUT2D eigenvalue weighted by Crippen LogP contribution is 2.32. The number of rotatable bonds is 8. The van der Waals surface area contributed by atoms with Crippen LogP contribution >= 0.6 is 23.4 Å². The van der Waals surface area contributed by atoms with Crippen molar-refractivity contribution in [3.05, 3.63) is 71.5 Å². The Morgan fingerprint density at radius 1 is 1.14 bits per heavy atom. The zero-order chi connectivity index (χ0) is 20.6. The summed E-state index contributed by atoms with van der Waals surface area (Å²) in [7, 11) is 1.93. The topological polar surface area (TPSA) is 76.0 Å². The Labute approximate surface area is 178 Å². The van der Waals surface area contributed by atoms with E-state index in [0.29, 0.717) is 30.0 Å². The van der Waals surface area contributed by atoms with E-state index in [2.05, 4.69) is 15.6 Å². The van der Waals surface area contributed by atoms with E-state index in [0.717, 1.165) is 15.7 Å². The molecule has 0 aliphatic heterocycles. The van der Waals surface area contributed by atoms with Gasteiger partial charge in [0.05, 0.1) is 5.69 Å². The summed E-state index contributed by atoms with van der Waals surface area (Å²) in [6.07, 6.45) is 4.46. The Morgan fingerprint density at radius 3 is 2.62 bits per heavy atom. The summed E-state index contributed by atoms with van der Waals surface area (Å²) in [5.74, 6) is -0.280. The zero-order valence-electron chi connectivity index (χ0n) is 15.9. The first-order chi connectivity index (χ1) is 14.0. The molecule has 2 aromatic carbocycles. The van der Waals surface area contributed by atoms with Gasteiger partial charge in [-0.2, -0.15) is 0 Å². The maximum absolute atomic E-state index is 12.3. The largest absolute Gasteiger partial charge is 0.352 e. The van der Waals surface area contributed by atoms with Gasteiger partial charge in [-0.15, -0.1) is 0 Å². The molecule has 1 heterocycles. The van der Waals surface area contributed by atoms with Gasteiger partial charge in [0.15, 0.2) is 5.16 Å². The number of para-hydroxylation sites is 1. The number of halogens is 1. The summed E-state index contributed by atoms with van der Waals surface area (Å²) in [5.41, 5.74) is 1.29. The third kappa shape index (κ3) is 6.10. The first-order valence-electron chi connectivity index (χ1n) is 9.11. The van der Waals surface area contributed by atoms with Gasteiger partial charge in [-0.05, 0) is 54.6 Å². The molecule has 0 saturated heterocycles. The van der Waals surface area contributed by atoms with Crippen LogP contribution in [0.15, 0.2) is 71.0 Å². The maximum Gasteiger partial charge on any atom is 0.251 e. The quantitative estimate of drug-likeness (QED) is 0.522. The second-order valence-electron chi connectivity index (χ2n) is 6.33. The minimum Gasteiger partial charge on any atom is -0.352 e. The van der Waals surface area contributed by atoms with Crippen LogP contribution in [-0.4, -0.2) is 27.9 Å². The zero-order valence-corrected chi connectivity index (χ0v) is 17.5. The lowest BCUT2D eigenvalue weighted by atomic mass is 10.2. The van der Waals surface area contributed by atoms with E-state index in [-0.39, 0.29) is 11.8 Å². The monoisotopic (exact) mass is 428 g/mol. The number of aryl methyl sites for hydroxylation is 1. The number of aromatic nitrogens is 2. The molecule has 0 fully saturated rings. The SMILES string of the molecule is Cn1ccnc1Sc1ccccc1NC(=O)CCCNC(=O)c1ccc(Cl)cc1. The molecule has 0 spiro atoms. The summed E-state index contributed by atoms with van der Waals surface area (Å²) in [4.78, 5) is 29.6. The van der Waals surface area contributed by atoms with Crippen molar-refractivity contribution in [1.29, 1.82) is 0 Å². The molecule has 0 atom stereocenters. The van der Waals surface area contributed by atoms with Gasteiger partial charge in [0.2, 0.25) is 5.91 Å². The number of nitrogens with one attached hydrogen (secondary N) is 2. The van der Waals surface area contributed by atoms with Crippen LogP contribution in [0.5, 0.6) is 0 Å². The molecule has 1 aromatic heterocycles. The van der Waals surface area contributed by atoms with E-state index in [1.807, 2.05) is 42.1 Å². The van der Waals surface area contributed by atoms with Crippen molar-refractivity contribution in [2.24, 2.45) is 7.05 Å². The Kier molecular flexibility index (Phi) is 7.32. The molecule has 0 aliphatic carbocycles. The van der Waals surface area contributed by atoms with Crippen LogP contribution in [0.4, 0.5) is 5.69 Å². The highest BCUT2D eigenvalue weighted by molar-refractivity contribution is 7.99. The van der Waals surface area contributed by atoms with Crippen LogP contribution in [0.3, 0.4) is 0 Å². The maximum atomic E-state index is 12.3. The highest BCUT2D eigenvalue weighted by atomic mass is 35.5. The number of imidazole rings is 1. The van der Waals surface area contributed by atoms with Crippen LogP contribution < -0.4 is 10.6 Å². The number of hydrogen-bond donors (Lipinski definition) is 2. The fourth-order valence-electron chi connectivity index (χ4n) is 2.57. The molecule has 0 radical (unpaired) electrons. The van der Waals surface area contributed by atoms with Gasteiger partial charge in [-0.1, -0.05) is 23.7 Å². The molecule has 0 unspecified atom stereocenters. The summed E-state index contributed by atoms with van der Waals surface area (Å²) in [5, 5.41) is 7.18. The van der Waals surface area contributed by atoms with Crippen molar-refractivity contribution < 1.29 is 9.59 Å². The van der Waals surface area contributed by atoms with Gasteiger partial charge >= 0.3 is 0 Å². The molecule has 2 N–H and O–H groups in total. The van der Waals surface area contributed by atoms with Crippen LogP contribution in [0.1, 0.15) is 23.2 Å². The molecule has 0 saturated carbocycles. The lowest BCUT2D eigenvalue weighted by Gasteiger charge is -2.11. The third-order valence-electron chi connectivity index (χ3n) is 4.11. The minimum absolute atomic E-state index is 0.0985. The second-order valence-corrected chi connectivity index (χ2v) is 7.78. The van der Waals surface area contributed by atoms with Gasteiger partial charge in [0, 0.05) is 47.9 Å². The van der Waals surface area contributed by atoms with Gasteiger partial charge in [-0.25, -0.2) is 4.98 Å². The summed E-state index contributed by atoms with van der Waals surface area (Å²) < 4.78 is 1.92. The van der Waals surface area contributed by atoms with Gasteiger partial charge in [0.1, 0.15) is 0 Å². The Hall–Kier alpha value is -2.77. The Balaban J connectivity index is 1.47. The van der Waals surface area contributed by atoms with Crippen LogP contribution in [0, 0.1) is 0 Å². The molecule has 150 valence electrons. The normalized spacial score (nSPS) is 10.6. The predicted molar refractivity (Wildman–Crippen MR) is 115 cm³/mol. The second kappa shape index (κ2) is 10.1. The lowest BCUT2D eigenvalue weighted by molar-refractivity contribution is -0.116. The van der Waals surface area contributed by atoms with Crippen molar-refractivity contribution in [3.8, 4) is 0 Å². The average Bonchev–Trinajstić information content (AvgIpc) is 3.11. The molecule has 6 nitrogen and oxygen atoms in total. The molecule has 8 heteroatoms. The fourth-order valence-corrected chi connectivity index (χ4v) is 3.59. The van der Waals surface area contributed by atoms with E-state index >= 15 is 0 Å². The molecule has 0 aliphatic rings. The molecule has 29 heavy (non-hydrogen) atoms. The smallest absolute Gasteiger partial charge is 0.251 e. The number of hydrogen-bond acceptors (Lipinski definition) is 4. The minimum atomic E-state index is -0.182. The van der Waals surface area contributed by atoms with E-state index in [9.17, 15) is 9.59 Å². The van der Waals surface area contributed by atoms with Crippen molar-refractivity contribution in [2.45, 2.75) is 22.9 Å². The van der Waals surface area contributed by atoms with E-state index in [4.69, 9.17) is 11.6 Å². The van der Waals surface area contributed by atoms with Crippen molar-refractivity contribution in [1.82, 2.24) is 14.9 Å². The predicted octanol–water partition coefficient (Wildman–Crippen LogP) is 4.37. The molecule has 2 amide bonds. The summed E-state index contributed by atoms with van der Waals surface area (Å²) >= 11 is 7.31. The lowest BCUT2D eigenvalue weighted by Crippen LogP contribution is -2.25. The van der Waals surface area contributed by atoms with E-state index < -0.39 is 0 Å². The molecule has 3 aromatic rings. The van der Waals surface area contributed by atoms with Crippen LogP contribution in [0.25, 0.3) is 0 Å². The highest BCUT2D eigenvalue weighted by Gasteiger charge is 2.10. The van der Waals surface area contributed by atoms with Gasteiger partial charge in [0.25, 0.3) is 5.91 Å². The number of anilines is 1. The fraction of sp³-hybridized carbons (Fsp3) is 0.190. The van der Waals surface area contributed by atoms with Crippen molar-refractivity contribution in [3.63, 3.8) is 0 Å².